The molecule has 0 saturated carbocycles. The van der Waals surface area contributed by atoms with Crippen LogP contribution in [0.15, 0.2) is 30.3 Å². The third-order valence-corrected chi connectivity index (χ3v) is 6.38. The smallest absolute Gasteiger partial charge is 0.326 e. The van der Waals surface area contributed by atoms with E-state index in [1.54, 1.807) is 0 Å². The summed E-state index contributed by atoms with van der Waals surface area (Å²) >= 11 is 0. The second-order valence-electron chi connectivity index (χ2n) is 8.49. The van der Waals surface area contributed by atoms with E-state index < -0.39 is 33.9 Å². The van der Waals surface area contributed by atoms with Crippen molar-refractivity contribution in [2.45, 2.75) is 57.3 Å². The van der Waals surface area contributed by atoms with E-state index in [0.717, 1.165) is 18.2 Å². The van der Waals surface area contributed by atoms with Gasteiger partial charge in [-0.3, -0.25) is 4.79 Å². The number of carboxylic acids is 1. The summed E-state index contributed by atoms with van der Waals surface area (Å²) in [5.41, 5.74) is 6.61. The van der Waals surface area contributed by atoms with Crippen molar-refractivity contribution in [1.82, 2.24) is 10.6 Å². The number of ether oxygens (including phenoxy) is 1. The van der Waals surface area contributed by atoms with Crippen molar-refractivity contribution in [3.05, 3.63) is 42.8 Å². The molecule has 0 aliphatic heterocycles. The molecule has 0 aliphatic carbocycles. The fourth-order valence-corrected chi connectivity index (χ4v) is 3.80. The Labute approximate surface area is 222 Å². The maximum absolute atomic E-state index is 13.0. The van der Waals surface area contributed by atoms with E-state index in [4.69, 9.17) is 10.5 Å². The molecule has 191 valence electrons. The first-order valence-electron chi connectivity index (χ1n) is 11.1. The minimum atomic E-state index is -3.37. The van der Waals surface area contributed by atoms with Crippen molar-refractivity contribution < 1.29 is 53.7 Å². The van der Waals surface area contributed by atoms with Crippen LogP contribution in [0.3, 0.4) is 0 Å². The zero-order valence-electron chi connectivity index (χ0n) is 20.3. The van der Waals surface area contributed by atoms with Crippen LogP contribution in [0.1, 0.15) is 32.3 Å². The molecule has 0 aromatic heterocycles. The molecule has 1 radical (unpaired) electrons. The van der Waals surface area contributed by atoms with E-state index in [1.807, 2.05) is 30.3 Å². The summed E-state index contributed by atoms with van der Waals surface area (Å²) in [6.07, 6.45) is 0.975. The number of carbonyl (C=O) groups excluding carboxylic acids is 1. The Kier molecular flexibility index (Phi) is 16.0. The van der Waals surface area contributed by atoms with Crippen molar-refractivity contribution in [2.24, 2.45) is 11.7 Å². The summed E-state index contributed by atoms with van der Waals surface area (Å²) in [6, 6.07) is 7.56. The minimum Gasteiger partial charge on any atom is -0.480 e. The predicted octanol–water partition coefficient (Wildman–Crippen LogP) is 0.782. The van der Waals surface area contributed by atoms with Gasteiger partial charge in [-0.05, 0) is 24.4 Å². The molecule has 11 heteroatoms. The number of rotatable bonds is 16. The Balaban J connectivity index is 0.0000109. The van der Waals surface area contributed by atoms with Gasteiger partial charge in [0.1, 0.15) is 22.0 Å². The van der Waals surface area contributed by atoms with Gasteiger partial charge in [-0.1, -0.05) is 50.6 Å². The van der Waals surface area contributed by atoms with Gasteiger partial charge in [-0.2, -0.15) is 0 Å². The maximum atomic E-state index is 13.0. The standard InChI is InChI=1S/C23H38N3O6S.Sc/c1-5-16(2)20(25-14-17(3)24)15-32-21(13-18-9-7-6-8-10-18)22(27)26-19(23(28)29)11-12-33(4,30)31;/h6-10,16-17,19-21,25H,3,5,11-15,24H2,1-2,4H3,(H,26,27)(H,28,29);/q-1;. The van der Waals surface area contributed by atoms with E-state index in [9.17, 15) is 23.1 Å². The topological polar surface area (TPSA) is 148 Å². The van der Waals surface area contributed by atoms with E-state index in [0.29, 0.717) is 6.54 Å². The number of hydrogen-bond donors (Lipinski definition) is 4. The first-order chi connectivity index (χ1) is 15.4. The van der Waals surface area contributed by atoms with Gasteiger partial charge in [-0.25, -0.2) is 13.2 Å². The van der Waals surface area contributed by atoms with Crippen LogP contribution in [0.2, 0.25) is 0 Å². The van der Waals surface area contributed by atoms with Gasteiger partial charge in [0.2, 0.25) is 5.91 Å². The van der Waals surface area contributed by atoms with E-state index in [1.165, 1.54) is 0 Å². The average Bonchev–Trinajstić information content (AvgIpc) is 2.74. The van der Waals surface area contributed by atoms with Crippen molar-refractivity contribution in [3.8, 4) is 0 Å². The Morgan fingerprint density at radius 2 is 1.85 bits per heavy atom. The fourth-order valence-electron chi connectivity index (χ4n) is 3.14. The maximum Gasteiger partial charge on any atom is 0.326 e. The number of amides is 1. The molecule has 1 aromatic rings. The number of nitrogens with one attached hydrogen (secondary N) is 2. The van der Waals surface area contributed by atoms with Gasteiger partial charge in [0.25, 0.3) is 0 Å². The molecule has 5 atom stereocenters. The number of sulfone groups is 1. The van der Waals surface area contributed by atoms with Crippen LogP contribution in [-0.2, 0) is 56.4 Å². The molecule has 1 rings (SSSR count). The second-order valence-corrected chi connectivity index (χ2v) is 10.7. The van der Waals surface area contributed by atoms with E-state index >= 15 is 0 Å². The largest absolute Gasteiger partial charge is 0.480 e. The predicted molar refractivity (Wildman–Crippen MR) is 128 cm³/mol. The van der Waals surface area contributed by atoms with Gasteiger partial charge in [0, 0.05) is 44.6 Å². The summed E-state index contributed by atoms with van der Waals surface area (Å²) in [5.74, 6) is -2.00. The molecule has 0 spiro atoms. The summed E-state index contributed by atoms with van der Waals surface area (Å²) in [7, 11) is -3.37. The molecule has 1 aromatic carbocycles. The molecule has 1 amide bonds. The number of hydrogen-bond acceptors (Lipinski definition) is 7. The van der Waals surface area contributed by atoms with Crippen molar-refractivity contribution >= 4 is 21.7 Å². The van der Waals surface area contributed by atoms with Crippen LogP contribution in [-0.4, -0.2) is 74.8 Å². The third-order valence-electron chi connectivity index (χ3n) is 5.40. The molecule has 9 nitrogen and oxygen atoms in total. The summed E-state index contributed by atoms with van der Waals surface area (Å²) in [4.78, 5) is 24.6. The Morgan fingerprint density at radius 1 is 1.24 bits per heavy atom. The van der Waals surface area contributed by atoms with Gasteiger partial charge in [0.15, 0.2) is 0 Å². The summed E-state index contributed by atoms with van der Waals surface area (Å²) in [6.45, 7) is 8.59. The molecule has 5 N–H and O–H groups in total. The molecule has 0 fully saturated rings. The van der Waals surface area contributed by atoms with E-state index in [-0.39, 0.29) is 69.0 Å². The van der Waals surface area contributed by atoms with Gasteiger partial charge in [-0.15, -0.1) is 6.04 Å². The first-order valence-corrected chi connectivity index (χ1v) is 13.2. The molecular weight excluding hydrogens is 491 g/mol. The van der Waals surface area contributed by atoms with Crippen LogP contribution in [0.25, 0.3) is 0 Å². The number of carbonyl (C=O) groups is 2. The normalized spacial score (nSPS) is 15.9. The SMILES string of the molecule is [CH2-]C(N)CNC(COC(Cc1ccccc1)C(=O)NC(CCS(C)(=O)=O)C(=O)O)C(C)CC.[Sc]. The molecule has 34 heavy (non-hydrogen) atoms. The van der Waals surface area contributed by atoms with Crippen molar-refractivity contribution in [3.63, 3.8) is 0 Å². The second kappa shape index (κ2) is 16.5. The fraction of sp³-hybridized carbons (Fsp3) is 0.609. The van der Waals surface area contributed by atoms with Crippen LogP contribution in [0.4, 0.5) is 0 Å². The summed E-state index contributed by atoms with van der Waals surface area (Å²) in [5, 5.41) is 15.2. The van der Waals surface area contributed by atoms with Crippen LogP contribution in [0, 0.1) is 12.8 Å². The molecular formula is C23H38N3O6SSc-. The molecule has 0 heterocycles. The third kappa shape index (κ3) is 13.7. The molecule has 0 aliphatic rings. The average molecular weight is 530 g/mol. The van der Waals surface area contributed by atoms with E-state index in [2.05, 4.69) is 31.4 Å². The van der Waals surface area contributed by atoms with Gasteiger partial charge >= 0.3 is 5.97 Å². The Morgan fingerprint density at radius 3 is 2.35 bits per heavy atom. The van der Waals surface area contributed by atoms with Crippen molar-refractivity contribution in [1.29, 1.82) is 0 Å². The van der Waals surface area contributed by atoms with Crippen LogP contribution in [0.5, 0.6) is 0 Å². The minimum absolute atomic E-state index is 0. The number of nitrogens with two attached hydrogens (primary N) is 1. The number of aliphatic carboxylic acids is 1. The van der Waals surface area contributed by atoms with Gasteiger partial charge in [0.05, 0.1) is 12.4 Å². The molecule has 0 bridgehead atoms. The Hall–Kier alpha value is -1.14. The molecule has 5 unspecified atom stereocenters. The van der Waals surface area contributed by atoms with Crippen LogP contribution >= 0.6 is 0 Å². The summed E-state index contributed by atoms with van der Waals surface area (Å²) < 4.78 is 28.9. The molecule has 0 saturated heterocycles. The van der Waals surface area contributed by atoms with Crippen molar-refractivity contribution in [2.75, 3.05) is 25.2 Å². The zero-order valence-corrected chi connectivity index (χ0v) is 22.9. The Bertz CT molecular complexity index is 838. The quantitative estimate of drug-likeness (QED) is 0.230. The monoisotopic (exact) mass is 529 g/mol. The number of benzene rings is 1. The van der Waals surface area contributed by atoms with Gasteiger partial charge < -0.3 is 33.1 Å². The van der Waals surface area contributed by atoms with Crippen LogP contribution < -0.4 is 16.4 Å². The first kappa shape index (κ1) is 32.9. The zero-order chi connectivity index (χ0) is 25.0. The number of carboxylic acid groups (broad SMARTS) is 1.